The molecule has 0 saturated carbocycles. The van der Waals surface area contributed by atoms with E-state index in [1.165, 1.54) is 20.2 Å². The van der Waals surface area contributed by atoms with Crippen molar-refractivity contribution in [1.82, 2.24) is 9.97 Å². The van der Waals surface area contributed by atoms with Gasteiger partial charge >= 0.3 is 184 Å². The van der Waals surface area contributed by atoms with E-state index in [-0.39, 0.29) is 0 Å². The molecule has 0 radical (unpaired) electrons. The molecule has 2 nitrogen and oxygen atoms in total. The number of rotatable bonds is 4. The molecule has 0 atom stereocenters. The predicted octanol–water partition coefficient (Wildman–Crippen LogP) is 7.24. The van der Waals surface area contributed by atoms with Crippen LogP contribution in [0.4, 0.5) is 0 Å². The number of pyridine rings is 1. The number of benzene rings is 3. The van der Waals surface area contributed by atoms with Gasteiger partial charge in [0.05, 0.1) is 0 Å². The molecule has 0 saturated heterocycles. The molecule has 31 heavy (non-hydrogen) atoms. The van der Waals surface area contributed by atoms with Gasteiger partial charge < -0.3 is 0 Å². The molecular weight excluding hydrogens is 457 g/mol. The quantitative estimate of drug-likeness (QED) is 0.253. The summed E-state index contributed by atoms with van der Waals surface area (Å²) in [4.78, 5) is 9.86. The van der Waals surface area contributed by atoms with Crippen LogP contribution in [-0.4, -0.2) is 23.2 Å². The summed E-state index contributed by atoms with van der Waals surface area (Å²) in [7, 11) is 0. The molecule has 4 heteroatoms. The molecule has 5 aromatic rings. The standard InChI is InChI=1S/C27H24GeN2S/c1-28(2,3)22-14-15-24(29-18-22)21-16-23(19-10-6-4-7-11-19)26-25(17-21)30-27(31-26)20-12-8-5-9-13-20/h4-18H,1-3H3. The molecule has 2 aromatic heterocycles. The third kappa shape index (κ3) is 4.08. The van der Waals surface area contributed by atoms with Crippen molar-refractivity contribution < 1.29 is 0 Å². The van der Waals surface area contributed by atoms with Crippen molar-refractivity contribution >= 4 is 39.2 Å². The number of hydrogen-bond donors (Lipinski definition) is 0. The van der Waals surface area contributed by atoms with Crippen molar-refractivity contribution in [2.45, 2.75) is 17.3 Å². The van der Waals surface area contributed by atoms with E-state index < -0.39 is 13.3 Å². The number of hydrogen-bond acceptors (Lipinski definition) is 3. The minimum absolute atomic E-state index is 1.00. The molecule has 152 valence electrons. The Morgan fingerprint density at radius 2 is 1.39 bits per heavy atom. The first-order valence-corrected chi connectivity index (χ1v) is 18.7. The van der Waals surface area contributed by atoms with Crippen LogP contribution in [0.25, 0.3) is 43.2 Å². The van der Waals surface area contributed by atoms with Crippen molar-refractivity contribution in [1.29, 1.82) is 0 Å². The van der Waals surface area contributed by atoms with Crippen molar-refractivity contribution in [3.8, 4) is 33.0 Å². The number of nitrogens with zero attached hydrogens (tertiary/aromatic N) is 2. The van der Waals surface area contributed by atoms with E-state index in [1.54, 1.807) is 11.3 Å². The topological polar surface area (TPSA) is 25.8 Å². The Labute approximate surface area is 190 Å². The summed E-state index contributed by atoms with van der Waals surface area (Å²) in [5.74, 6) is 7.20. The van der Waals surface area contributed by atoms with Gasteiger partial charge in [-0.3, -0.25) is 0 Å². The molecule has 0 N–H and O–H groups in total. The molecule has 2 heterocycles. The summed E-state index contributed by atoms with van der Waals surface area (Å²) < 4.78 is 2.64. The van der Waals surface area contributed by atoms with Gasteiger partial charge in [-0.25, -0.2) is 0 Å². The van der Waals surface area contributed by atoms with E-state index in [4.69, 9.17) is 9.97 Å². The molecule has 3 aromatic carbocycles. The second-order valence-corrected chi connectivity index (χ2v) is 20.5. The van der Waals surface area contributed by atoms with E-state index in [9.17, 15) is 0 Å². The molecule has 0 bridgehead atoms. The van der Waals surface area contributed by atoms with E-state index in [0.717, 1.165) is 27.3 Å². The molecule has 0 aliphatic rings. The molecule has 0 amide bonds. The number of fused-ring (bicyclic) bond motifs is 1. The molecule has 0 fully saturated rings. The summed E-state index contributed by atoms with van der Waals surface area (Å²) in [5.41, 5.74) is 6.72. The maximum atomic E-state index is 5.01. The Balaban J connectivity index is 1.69. The van der Waals surface area contributed by atoms with E-state index >= 15 is 0 Å². The van der Waals surface area contributed by atoms with Gasteiger partial charge in [0, 0.05) is 0 Å². The predicted molar refractivity (Wildman–Crippen MR) is 137 cm³/mol. The van der Waals surface area contributed by atoms with Gasteiger partial charge in [0.2, 0.25) is 0 Å². The fourth-order valence-electron chi connectivity index (χ4n) is 3.73. The third-order valence-electron chi connectivity index (χ3n) is 5.52. The van der Waals surface area contributed by atoms with Gasteiger partial charge in [-0.1, -0.05) is 6.07 Å². The van der Waals surface area contributed by atoms with Crippen molar-refractivity contribution in [3.63, 3.8) is 0 Å². The first-order valence-electron chi connectivity index (χ1n) is 10.5. The van der Waals surface area contributed by atoms with Crippen LogP contribution in [-0.2, 0) is 0 Å². The first kappa shape index (κ1) is 20.2. The van der Waals surface area contributed by atoms with E-state index in [0.29, 0.717) is 0 Å². The third-order valence-corrected chi connectivity index (χ3v) is 10.9. The summed E-state index contributed by atoms with van der Waals surface area (Å²) in [6.45, 7) is 0. The van der Waals surface area contributed by atoms with Crippen LogP contribution in [0.3, 0.4) is 0 Å². The summed E-state index contributed by atoms with van der Waals surface area (Å²) in [5, 5.41) is 1.05. The molecular formula is C27H24GeN2S. The van der Waals surface area contributed by atoms with Crippen LogP contribution in [0.15, 0.2) is 91.1 Å². The van der Waals surface area contributed by atoms with Gasteiger partial charge in [0.15, 0.2) is 0 Å². The fraction of sp³-hybridized carbons (Fsp3) is 0.111. The normalized spacial score (nSPS) is 11.7. The van der Waals surface area contributed by atoms with E-state index in [2.05, 4.69) is 102 Å². The van der Waals surface area contributed by atoms with Crippen molar-refractivity contribution in [2.75, 3.05) is 0 Å². The summed E-state index contributed by atoms with van der Waals surface area (Å²) in [6, 6.07) is 29.9. The maximum absolute atomic E-state index is 5.01. The van der Waals surface area contributed by atoms with Gasteiger partial charge in [0.25, 0.3) is 0 Å². The number of thiazole rings is 1. The zero-order valence-electron chi connectivity index (χ0n) is 18.0. The summed E-state index contributed by atoms with van der Waals surface area (Å²) >= 11 is -0.125. The Kier molecular flexibility index (Phi) is 5.24. The number of aromatic nitrogens is 2. The first-order chi connectivity index (χ1) is 15.0. The molecule has 5 rings (SSSR count). The van der Waals surface area contributed by atoms with Gasteiger partial charge in [-0.15, -0.1) is 0 Å². The van der Waals surface area contributed by atoms with Crippen molar-refractivity contribution in [3.05, 3.63) is 91.1 Å². The molecule has 0 aliphatic heterocycles. The van der Waals surface area contributed by atoms with Crippen LogP contribution in [0.5, 0.6) is 0 Å². The van der Waals surface area contributed by atoms with Gasteiger partial charge in [-0.2, -0.15) is 0 Å². The van der Waals surface area contributed by atoms with Crippen LogP contribution >= 0.6 is 11.3 Å². The SMILES string of the molecule is [CH3][Ge]([CH3])([CH3])[c]1ccc(-c2cc(-c3ccccc3)c3sc(-c4ccccc4)nc3c2)nc1. The average molecular weight is 481 g/mol. The Morgan fingerprint density at radius 1 is 0.710 bits per heavy atom. The molecule has 0 unspecified atom stereocenters. The van der Waals surface area contributed by atoms with Gasteiger partial charge in [0.1, 0.15) is 0 Å². The summed E-state index contributed by atoms with van der Waals surface area (Å²) in [6.07, 6.45) is 2.08. The Hall–Kier alpha value is -2.76. The Morgan fingerprint density at radius 3 is 2.00 bits per heavy atom. The second kappa shape index (κ2) is 8.06. The van der Waals surface area contributed by atoms with E-state index in [1.807, 2.05) is 6.07 Å². The van der Waals surface area contributed by atoms with Crippen LogP contribution in [0.1, 0.15) is 0 Å². The second-order valence-electron chi connectivity index (χ2n) is 8.81. The zero-order chi connectivity index (χ0) is 21.4. The average Bonchev–Trinajstić information content (AvgIpc) is 3.23. The van der Waals surface area contributed by atoms with Crippen LogP contribution in [0.2, 0.25) is 17.3 Å². The van der Waals surface area contributed by atoms with Crippen molar-refractivity contribution in [2.24, 2.45) is 0 Å². The monoisotopic (exact) mass is 482 g/mol. The van der Waals surface area contributed by atoms with Crippen LogP contribution in [0, 0.1) is 0 Å². The zero-order valence-corrected chi connectivity index (χ0v) is 20.9. The molecule has 0 spiro atoms. The minimum atomic E-state index is -1.88. The molecule has 0 aliphatic carbocycles. The van der Waals surface area contributed by atoms with Gasteiger partial charge in [-0.05, 0) is 0 Å². The Bertz CT molecular complexity index is 1340. The fourth-order valence-corrected chi connectivity index (χ4v) is 6.98. The van der Waals surface area contributed by atoms with Crippen LogP contribution < -0.4 is 4.40 Å².